The third-order valence-electron chi connectivity index (χ3n) is 5.94. The molecule has 1 rings (SSSR count). The zero-order valence-corrected chi connectivity index (χ0v) is 17.2. The minimum absolute atomic E-state index is 0.895. The van der Waals surface area contributed by atoms with Gasteiger partial charge in [0.15, 0.2) is 0 Å². The van der Waals surface area contributed by atoms with E-state index in [0.29, 0.717) is 0 Å². The minimum Gasteiger partial charge on any atom is -0.300 e. The van der Waals surface area contributed by atoms with Crippen LogP contribution in [0.4, 0.5) is 0 Å². The van der Waals surface area contributed by atoms with Gasteiger partial charge in [-0.1, -0.05) is 104 Å². The van der Waals surface area contributed by atoms with E-state index in [4.69, 9.17) is 0 Å². The highest BCUT2D eigenvalue weighted by atomic mass is 15.1. The first kappa shape index (κ1) is 22.0. The molecule has 24 heavy (non-hydrogen) atoms. The molecule has 0 saturated heterocycles. The van der Waals surface area contributed by atoms with Gasteiger partial charge in [-0.3, -0.25) is 0 Å². The molecule has 144 valence electrons. The zero-order valence-electron chi connectivity index (χ0n) is 17.2. The van der Waals surface area contributed by atoms with Gasteiger partial charge >= 0.3 is 0 Å². The van der Waals surface area contributed by atoms with Crippen LogP contribution in [-0.4, -0.2) is 24.0 Å². The van der Waals surface area contributed by atoms with Crippen LogP contribution in [0.15, 0.2) is 0 Å². The Morgan fingerprint density at radius 3 is 1.38 bits per heavy atom. The normalized spacial score (nSPS) is 18.6. The molecule has 0 aromatic rings. The van der Waals surface area contributed by atoms with Crippen molar-refractivity contribution < 1.29 is 0 Å². The number of rotatable bonds is 11. The Morgan fingerprint density at radius 1 is 0.542 bits per heavy atom. The standard InChI is InChI=1S/C23H47N/c1-3-5-7-17-21-24(22-18-8-6-4-2)23-19-15-13-11-9-10-12-14-16-20-23/h23H,3-22H2,1-2H3. The number of hydrogen-bond donors (Lipinski definition) is 0. The number of nitrogens with zero attached hydrogens (tertiary/aromatic N) is 1. The Balaban J connectivity index is 2.46. The van der Waals surface area contributed by atoms with Gasteiger partial charge in [-0.25, -0.2) is 0 Å². The van der Waals surface area contributed by atoms with Crippen molar-refractivity contribution in [3.05, 3.63) is 0 Å². The third-order valence-corrected chi connectivity index (χ3v) is 5.94. The summed E-state index contributed by atoms with van der Waals surface area (Å²) in [6, 6.07) is 0.895. The Morgan fingerprint density at radius 2 is 0.958 bits per heavy atom. The van der Waals surface area contributed by atoms with Crippen molar-refractivity contribution in [2.75, 3.05) is 13.1 Å². The van der Waals surface area contributed by atoms with Crippen molar-refractivity contribution in [1.29, 1.82) is 0 Å². The van der Waals surface area contributed by atoms with Crippen LogP contribution in [0.3, 0.4) is 0 Å². The summed E-state index contributed by atoms with van der Waals surface area (Å²) in [5, 5.41) is 0. The van der Waals surface area contributed by atoms with Crippen LogP contribution in [0.1, 0.15) is 129 Å². The van der Waals surface area contributed by atoms with Crippen LogP contribution < -0.4 is 0 Å². The summed E-state index contributed by atoms with van der Waals surface area (Å²) in [6.45, 7) is 7.40. The molecule has 0 amide bonds. The molecule has 1 aliphatic rings. The highest BCUT2D eigenvalue weighted by Crippen LogP contribution is 2.22. The second-order valence-corrected chi connectivity index (χ2v) is 8.22. The molecule has 1 fully saturated rings. The smallest absolute Gasteiger partial charge is 0.00952 e. The largest absolute Gasteiger partial charge is 0.300 e. The van der Waals surface area contributed by atoms with E-state index in [1.807, 2.05) is 0 Å². The fraction of sp³-hybridized carbons (Fsp3) is 1.00. The van der Waals surface area contributed by atoms with E-state index in [1.165, 1.54) is 129 Å². The maximum Gasteiger partial charge on any atom is 0.00952 e. The average molecular weight is 338 g/mol. The lowest BCUT2D eigenvalue weighted by atomic mass is 10.00. The first-order valence-electron chi connectivity index (χ1n) is 11.6. The van der Waals surface area contributed by atoms with Crippen LogP contribution in [0.5, 0.6) is 0 Å². The first-order valence-corrected chi connectivity index (χ1v) is 11.6. The van der Waals surface area contributed by atoms with Gasteiger partial charge < -0.3 is 4.90 Å². The Bertz CT molecular complexity index is 226. The van der Waals surface area contributed by atoms with Crippen molar-refractivity contribution in [2.24, 2.45) is 0 Å². The summed E-state index contributed by atoms with van der Waals surface area (Å²) in [5.41, 5.74) is 0. The molecule has 0 radical (unpaired) electrons. The maximum atomic E-state index is 2.92. The van der Waals surface area contributed by atoms with E-state index in [0.717, 1.165) is 6.04 Å². The van der Waals surface area contributed by atoms with Gasteiger partial charge in [0.25, 0.3) is 0 Å². The summed E-state index contributed by atoms with van der Waals surface area (Å²) in [5.74, 6) is 0. The molecule has 1 nitrogen and oxygen atoms in total. The predicted octanol–water partition coefficient (Wildman–Crippen LogP) is 7.73. The first-order chi connectivity index (χ1) is 11.9. The van der Waals surface area contributed by atoms with Gasteiger partial charge in [0.2, 0.25) is 0 Å². The van der Waals surface area contributed by atoms with E-state index in [1.54, 1.807) is 0 Å². The molecule has 0 atom stereocenters. The van der Waals surface area contributed by atoms with E-state index in [-0.39, 0.29) is 0 Å². The van der Waals surface area contributed by atoms with Gasteiger partial charge in [-0.15, -0.1) is 0 Å². The molecule has 0 aliphatic heterocycles. The van der Waals surface area contributed by atoms with Crippen molar-refractivity contribution in [1.82, 2.24) is 4.90 Å². The Kier molecular flexibility index (Phi) is 15.1. The lowest BCUT2D eigenvalue weighted by molar-refractivity contribution is 0.164. The molecule has 0 unspecified atom stereocenters. The van der Waals surface area contributed by atoms with Gasteiger partial charge in [-0.2, -0.15) is 0 Å². The zero-order chi connectivity index (χ0) is 17.3. The molecular weight excluding hydrogens is 290 g/mol. The fourth-order valence-electron chi connectivity index (χ4n) is 4.29. The molecule has 1 aliphatic carbocycles. The van der Waals surface area contributed by atoms with Gasteiger partial charge in [0.1, 0.15) is 0 Å². The molecule has 0 bridgehead atoms. The molecular formula is C23H47N. The Hall–Kier alpha value is -0.0400. The van der Waals surface area contributed by atoms with E-state index >= 15 is 0 Å². The van der Waals surface area contributed by atoms with E-state index < -0.39 is 0 Å². The van der Waals surface area contributed by atoms with Crippen molar-refractivity contribution in [3.8, 4) is 0 Å². The second kappa shape index (κ2) is 16.4. The van der Waals surface area contributed by atoms with Crippen molar-refractivity contribution in [2.45, 2.75) is 135 Å². The van der Waals surface area contributed by atoms with Gasteiger partial charge in [0, 0.05) is 6.04 Å². The van der Waals surface area contributed by atoms with Crippen LogP contribution in [0, 0.1) is 0 Å². The summed E-state index contributed by atoms with van der Waals surface area (Å²) < 4.78 is 0. The summed E-state index contributed by atoms with van der Waals surface area (Å²) in [4.78, 5) is 2.92. The molecule has 0 aromatic heterocycles. The molecule has 1 heteroatoms. The predicted molar refractivity (Wildman–Crippen MR) is 110 cm³/mol. The lowest BCUT2D eigenvalue weighted by Crippen LogP contribution is -2.37. The molecule has 1 saturated carbocycles. The second-order valence-electron chi connectivity index (χ2n) is 8.22. The lowest BCUT2D eigenvalue weighted by Gasteiger charge is -2.32. The number of unbranched alkanes of at least 4 members (excludes halogenated alkanes) is 6. The topological polar surface area (TPSA) is 3.24 Å². The fourth-order valence-corrected chi connectivity index (χ4v) is 4.29. The number of hydrogen-bond acceptors (Lipinski definition) is 1. The van der Waals surface area contributed by atoms with Crippen LogP contribution in [0.2, 0.25) is 0 Å². The quantitative estimate of drug-likeness (QED) is 0.349. The highest BCUT2D eigenvalue weighted by Gasteiger charge is 2.17. The molecule has 0 heterocycles. The minimum atomic E-state index is 0.895. The monoisotopic (exact) mass is 337 g/mol. The van der Waals surface area contributed by atoms with E-state index in [9.17, 15) is 0 Å². The van der Waals surface area contributed by atoms with Gasteiger partial charge in [-0.05, 0) is 38.8 Å². The van der Waals surface area contributed by atoms with Gasteiger partial charge in [0.05, 0.1) is 0 Å². The van der Waals surface area contributed by atoms with Crippen molar-refractivity contribution >= 4 is 0 Å². The van der Waals surface area contributed by atoms with Crippen LogP contribution in [-0.2, 0) is 0 Å². The maximum absolute atomic E-state index is 2.92. The summed E-state index contributed by atoms with van der Waals surface area (Å²) in [7, 11) is 0. The van der Waals surface area contributed by atoms with Crippen LogP contribution >= 0.6 is 0 Å². The average Bonchev–Trinajstić information content (AvgIpc) is 2.66. The van der Waals surface area contributed by atoms with E-state index in [2.05, 4.69) is 18.7 Å². The van der Waals surface area contributed by atoms with Crippen molar-refractivity contribution in [3.63, 3.8) is 0 Å². The molecule has 0 spiro atoms. The highest BCUT2D eigenvalue weighted by molar-refractivity contribution is 4.73. The third kappa shape index (κ3) is 11.5. The summed E-state index contributed by atoms with van der Waals surface area (Å²) in [6.07, 6.45) is 26.1. The Labute approximate surface area is 154 Å². The van der Waals surface area contributed by atoms with Crippen LogP contribution in [0.25, 0.3) is 0 Å². The SMILES string of the molecule is CCCCCCN(CCCCCC)C1CCCCCCCCCC1. The molecule has 0 aromatic carbocycles. The summed E-state index contributed by atoms with van der Waals surface area (Å²) >= 11 is 0. The molecule has 0 N–H and O–H groups in total.